The molecular formula is C67H44N2. The van der Waals surface area contributed by atoms with Gasteiger partial charge in [0.15, 0.2) is 0 Å². The van der Waals surface area contributed by atoms with Crippen molar-refractivity contribution in [3.63, 3.8) is 0 Å². The van der Waals surface area contributed by atoms with Crippen molar-refractivity contribution in [3.05, 3.63) is 289 Å². The number of rotatable bonds is 7. The van der Waals surface area contributed by atoms with Gasteiger partial charge in [0.2, 0.25) is 0 Å². The van der Waals surface area contributed by atoms with Crippen molar-refractivity contribution in [2.24, 2.45) is 0 Å². The van der Waals surface area contributed by atoms with E-state index in [1.165, 1.54) is 99.8 Å². The third kappa shape index (κ3) is 5.99. The fourth-order valence-corrected chi connectivity index (χ4v) is 11.8. The van der Waals surface area contributed by atoms with Crippen LogP contribution < -0.4 is 4.90 Å². The highest BCUT2D eigenvalue weighted by Crippen LogP contribution is 2.63. The summed E-state index contributed by atoms with van der Waals surface area (Å²) in [5.41, 5.74) is 24.2. The summed E-state index contributed by atoms with van der Waals surface area (Å²) in [6.07, 6.45) is 0. The molecule has 0 unspecified atom stereocenters. The van der Waals surface area contributed by atoms with Gasteiger partial charge in [-0.05, 0) is 151 Å². The van der Waals surface area contributed by atoms with E-state index in [1.54, 1.807) is 0 Å². The van der Waals surface area contributed by atoms with Crippen LogP contribution in [0.4, 0.5) is 17.1 Å². The second-order valence-electron chi connectivity index (χ2n) is 18.4. The van der Waals surface area contributed by atoms with Crippen LogP contribution in [-0.4, -0.2) is 4.57 Å². The fourth-order valence-electron chi connectivity index (χ4n) is 11.8. The van der Waals surface area contributed by atoms with Crippen LogP contribution in [0.5, 0.6) is 0 Å². The SMILES string of the molecule is c1ccc(-c2ccc(N(c3cccc(-c4cccc(-c5ccc6c(c5)c5ccccc5n6-c5ccccc5)c4)c3)c3ccc4c(c3)-c3ccccc3C43c4ccccc4-c4ccccc43)cc2)cc1. The quantitative estimate of drug-likeness (QED) is 0.155. The monoisotopic (exact) mass is 876 g/mol. The third-order valence-corrected chi connectivity index (χ3v) is 14.8. The van der Waals surface area contributed by atoms with Crippen molar-refractivity contribution >= 4 is 38.9 Å². The summed E-state index contributed by atoms with van der Waals surface area (Å²) in [6, 6.07) is 98.4. The molecule has 0 bridgehead atoms. The first-order chi connectivity index (χ1) is 34.2. The molecular weight excluding hydrogens is 833 g/mol. The van der Waals surface area contributed by atoms with Gasteiger partial charge in [0.25, 0.3) is 0 Å². The van der Waals surface area contributed by atoms with Crippen molar-refractivity contribution in [1.29, 1.82) is 0 Å². The topological polar surface area (TPSA) is 8.17 Å². The molecule has 0 N–H and O–H groups in total. The van der Waals surface area contributed by atoms with Crippen molar-refractivity contribution in [3.8, 4) is 61.3 Å². The summed E-state index contributed by atoms with van der Waals surface area (Å²) in [6.45, 7) is 0. The van der Waals surface area contributed by atoms with Crippen LogP contribution in [0.15, 0.2) is 267 Å². The molecule has 1 heterocycles. The number of nitrogens with zero attached hydrogens (tertiary/aromatic N) is 2. The Hall–Kier alpha value is -8.98. The fraction of sp³-hybridized carbons (Fsp3) is 0.0149. The smallest absolute Gasteiger partial charge is 0.0725 e. The Morgan fingerprint density at radius 2 is 0.725 bits per heavy atom. The molecule has 1 aromatic heterocycles. The van der Waals surface area contributed by atoms with Gasteiger partial charge < -0.3 is 9.47 Å². The lowest BCUT2D eigenvalue weighted by atomic mass is 9.70. The molecule has 0 aliphatic heterocycles. The van der Waals surface area contributed by atoms with E-state index in [9.17, 15) is 0 Å². The molecule has 2 heteroatoms. The maximum atomic E-state index is 2.44. The van der Waals surface area contributed by atoms with Gasteiger partial charge in [0.1, 0.15) is 0 Å². The number of aromatic nitrogens is 1. The summed E-state index contributed by atoms with van der Waals surface area (Å²) >= 11 is 0. The molecule has 0 radical (unpaired) electrons. The van der Waals surface area contributed by atoms with Crippen LogP contribution in [-0.2, 0) is 5.41 Å². The van der Waals surface area contributed by atoms with E-state index in [2.05, 4.69) is 276 Å². The van der Waals surface area contributed by atoms with E-state index in [0.717, 1.165) is 22.6 Å². The van der Waals surface area contributed by atoms with Gasteiger partial charge in [-0.2, -0.15) is 0 Å². The molecule has 1 spiro atoms. The normalized spacial score (nSPS) is 12.8. The van der Waals surface area contributed by atoms with E-state index in [1.807, 2.05) is 0 Å². The molecule has 12 aromatic rings. The minimum atomic E-state index is -0.395. The van der Waals surface area contributed by atoms with E-state index in [-0.39, 0.29) is 0 Å². The minimum absolute atomic E-state index is 0.395. The van der Waals surface area contributed by atoms with Crippen LogP contribution in [0.25, 0.3) is 83.1 Å². The summed E-state index contributed by atoms with van der Waals surface area (Å²) in [5, 5.41) is 2.50. The van der Waals surface area contributed by atoms with Crippen LogP contribution >= 0.6 is 0 Å². The van der Waals surface area contributed by atoms with E-state index < -0.39 is 5.41 Å². The van der Waals surface area contributed by atoms with E-state index in [0.29, 0.717) is 0 Å². The summed E-state index contributed by atoms with van der Waals surface area (Å²) < 4.78 is 2.38. The predicted octanol–water partition coefficient (Wildman–Crippen LogP) is 17.6. The van der Waals surface area contributed by atoms with Gasteiger partial charge in [-0.25, -0.2) is 0 Å². The molecule has 322 valence electrons. The van der Waals surface area contributed by atoms with Gasteiger partial charge in [-0.15, -0.1) is 0 Å². The average Bonchev–Trinajstić information content (AvgIpc) is 4.03. The van der Waals surface area contributed by atoms with Gasteiger partial charge in [-0.1, -0.05) is 194 Å². The first-order valence-electron chi connectivity index (χ1n) is 23.9. The van der Waals surface area contributed by atoms with Crippen molar-refractivity contribution < 1.29 is 0 Å². The molecule has 0 fully saturated rings. The number of fused-ring (bicyclic) bond motifs is 13. The Kier molecular flexibility index (Phi) is 8.84. The van der Waals surface area contributed by atoms with Crippen LogP contribution in [0.2, 0.25) is 0 Å². The Morgan fingerprint density at radius 1 is 0.261 bits per heavy atom. The number of para-hydroxylation sites is 2. The van der Waals surface area contributed by atoms with Crippen LogP contribution in [0.1, 0.15) is 22.3 Å². The second-order valence-corrected chi connectivity index (χ2v) is 18.4. The van der Waals surface area contributed by atoms with E-state index in [4.69, 9.17) is 0 Å². The number of benzene rings is 11. The lowest BCUT2D eigenvalue weighted by molar-refractivity contribution is 0.794. The zero-order chi connectivity index (χ0) is 45.5. The molecule has 2 nitrogen and oxygen atoms in total. The highest BCUT2D eigenvalue weighted by molar-refractivity contribution is 6.10. The van der Waals surface area contributed by atoms with Gasteiger partial charge in [0.05, 0.1) is 16.4 Å². The third-order valence-electron chi connectivity index (χ3n) is 14.8. The average molecular weight is 877 g/mol. The zero-order valence-electron chi connectivity index (χ0n) is 37.8. The number of hydrogen-bond acceptors (Lipinski definition) is 1. The van der Waals surface area contributed by atoms with Crippen molar-refractivity contribution in [2.45, 2.75) is 5.41 Å². The first kappa shape index (κ1) is 39.2. The highest BCUT2D eigenvalue weighted by atomic mass is 15.1. The minimum Gasteiger partial charge on any atom is -0.310 e. The Labute approximate surface area is 402 Å². The van der Waals surface area contributed by atoms with Crippen LogP contribution in [0.3, 0.4) is 0 Å². The Bertz CT molecular complexity index is 3910. The predicted molar refractivity (Wildman–Crippen MR) is 288 cm³/mol. The summed E-state index contributed by atoms with van der Waals surface area (Å²) in [4.78, 5) is 2.43. The molecule has 0 atom stereocenters. The van der Waals surface area contributed by atoms with Crippen LogP contribution in [0, 0.1) is 0 Å². The molecule has 2 aliphatic carbocycles. The largest absolute Gasteiger partial charge is 0.310 e. The lowest BCUT2D eigenvalue weighted by Crippen LogP contribution is -2.25. The zero-order valence-corrected chi connectivity index (χ0v) is 37.8. The number of hydrogen-bond donors (Lipinski definition) is 0. The Balaban J connectivity index is 0.900. The highest BCUT2D eigenvalue weighted by Gasteiger charge is 2.51. The second kappa shape index (κ2) is 15.6. The first-order valence-corrected chi connectivity index (χ1v) is 23.9. The number of anilines is 3. The molecule has 2 aliphatic rings. The molecule has 11 aromatic carbocycles. The Morgan fingerprint density at radius 3 is 1.42 bits per heavy atom. The van der Waals surface area contributed by atoms with Gasteiger partial charge >= 0.3 is 0 Å². The standard InChI is InChI=1S/C67H44N2/c1-3-17-45(18-4-1)46-33-36-52(37-34-46)68(54-38-39-64-59(44-54)57-27-9-13-31-63(57)67(64)61-29-11-7-25-55(61)56-26-8-12-30-62(56)67)53-24-16-21-49(42-53)47-19-15-20-48(41-47)50-35-40-66-60(43-50)58-28-10-14-32-65(58)69(66)51-22-5-2-6-23-51/h1-44H. The van der Waals surface area contributed by atoms with E-state index >= 15 is 0 Å². The van der Waals surface area contributed by atoms with Crippen molar-refractivity contribution in [1.82, 2.24) is 4.57 Å². The molecule has 14 rings (SSSR count). The van der Waals surface area contributed by atoms with Gasteiger partial charge in [0, 0.05) is 33.5 Å². The summed E-state index contributed by atoms with van der Waals surface area (Å²) in [7, 11) is 0. The molecule has 69 heavy (non-hydrogen) atoms. The maximum absolute atomic E-state index is 2.44. The lowest BCUT2D eigenvalue weighted by Gasteiger charge is -2.31. The maximum Gasteiger partial charge on any atom is 0.0725 e. The van der Waals surface area contributed by atoms with Gasteiger partial charge in [-0.3, -0.25) is 0 Å². The molecule has 0 saturated carbocycles. The summed E-state index contributed by atoms with van der Waals surface area (Å²) in [5.74, 6) is 0. The molecule has 0 saturated heterocycles. The molecule has 0 amide bonds. The van der Waals surface area contributed by atoms with Crippen molar-refractivity contribution in [2.75, 3.05) is 4.90 Å².